The highest BCUT2D eigenvalue weighted by atomic mass is 16.6. The fraction of sp³-hybridized carbons (Fsp3) is 0.500. The summed E-state index contributed by atoms with van der Waals surface area (Å²) < 4.78 is 10.6. The van der Waals surface area contributed by atoms with Gasteiger partial charge in [0.2, 0.25) is 0 Å². The summed E-state index contributed by atoms with van der Waals surface area (Å²) in [5, 5.41) is 2.69. The van der Waals surface area contributed by atoms with Gasteiger partial charge in [0.05, 0.1) is 6.10 Å². The number of epoxide rings is 1. The number of amides is 1. The van der Waals surface area contributed by atoms with Gasteiger partial charge in [-0.1, -0.05) is 12.1 Å². The quantitative estimate of drug-likeness (QED) is 0.816. The highest BCUT2D eigenvalue weighted by Crippen LogP contribution is 2.38. The number of anilines is 1. The van der Waals surface area contributed by atoms with Crippen LogP contribution in [0.3, 0.4) is 0 Å². The van der Waals surface area contributed by atoms with E-state index in [0.29, 0.717) is 6.10 Å². The molecule has 0 bridgehead atoms. The van der Waals surface area contributed by atoms with Crippen LogP contribution in [-0.2, 0) is 9.47 Å². The zero-order chi connectivity index (χ0) is 13.3. The van der Waals surface area contributed by atoms with Crippen LogP contribution in [0.2, 0.25) is 0 Å². The summed E-state index contributed by atoms with van der Waals surface area (Å²) in [4.78, 5) is 11.6. The number of rotatable bonds is 2. The standard InChI is InChI=1S/C14H19NO3/c1-9-12(17-9)10-5-7-11(8-6-10)15-13(16)18-14(2,3)4/h5-9,12H,1-4H3,(H,15,16). The molecule has 0 saturated carbocycles. The number of hydrogen-bond acceptors (Lipinski definition) is 3. The van der Waals surface area contributed by atoms with Crippen molar-refractivity contribution in [3.05, 3.63) is 29.8 Å². The zero-order valence-electron chi connectivity index (χ0n) is 11.2. The lowest BCUT2D eigenvalue weighted by Gasteiger charge is -2.19. The van der Waals surface area contributed by atoms with Gasteiger partial charge in [0, 0.05) is 5.69 Å². The third kappa shape index (κ3) is 3.47. The van der Waals surface area contributed by atoms with Gasteiger partial charge >= 0.3 is 6.09 Å². The van der Waals surface area contributed by atoms with E-state index in [1.165, 1.54) is 0 Å². The number of hydrogen-bond donors (Lipinski definition) is 1. The Kier molecular flexibility index (Phi) is 3.30. The van der Waals surface area contributed by atoms with Crippen molar-refractivity contribution in [3.63, 3.8) is 0 Å². The molecule has 1 fully saturated rings. The molecule has 1 N–H and O–H groups in total. The Hall–Kier alpha value is -1.55. The minimum absolute atomic E-state index is 0.209. The summed E-state index contributed by atoms with van der Waals surface area (Å²) in [7, 11) is 0. The van der Waals surface area contributed by atoms with E-state index in [9.17, 15) is 4.79 Å². The molecule has 4 nitrogen and oxygen atoms in total. The van der Waals surface area contributed by atoms with Gasteiger partial charge in [-0.15, -0.1) is 0 Å². The maximum atomic E-state index is 11.6. The molecule has 0 aliphatic carbocycles. The average Bonchev–Trinajstić information content (AvgIpc) is 2.93. The van der Waals surface area contributed by atoms with Gasteiger partial charge in [0.15, 0.2) is 0 Å². The van der Waals surface area contributed by atoms with Crippen LogP contribution >= 0.6 is 0 Å². The van der Waals surface area contributed by atoms with Gasteiger partial charge in [0.1, 0.15) is 11.7 Å². The molecule has 1 aromatic carbocycles. The predicted octanol–water partition coefficient (Wildman–Crippen LogP) is 3.49. The van der Waals surface area contributed by atoms with Gasteiger partial charge in [-0.2, -0.15) is 0 Å². The van der Waals surface area contributed by atoms with Crippen molar-refractivity contribution in [2.75, 3.05) is 5.32 Å². The lowest BCUT2D eigenvalue weighted by Crippen LogP contribution is -2.27. The lowest BCUT2D eigenvalue weighted by atomic mass is 10.1. The molecule has 2 rings (SSSR count). The molecule has 0 aromatic heterocycles. The van der Waals surface area contributed by atoms with Crippen molar-refractivity contribution < 1.29 is 14.3 Å². The van der Waals surface area contributed by atoms with Gasteiger partial charge in [-0.3, -0.25) is 5.32 Å². The molecule has 1 aromatic rings. The van der Waals surface area contributed by atoms with Crippen molar-refractivity contribution in [2.45, 2.75) is 45.5 Å². The molecule has 0 spiro atoms. The second-order valence-electron chi connectivity index (χ2n) is 5.51. The van der Waals surface area contributed by atoms with E-state index in [-0.39, 0.29) is 6.10 Å². The van der Waals surface area contributed by atoms with Crippen LogP contribution in [0.4, 0.5) is 10.5 Å². The van der Waals surface area contributed by atoms with E-state index < -0.39 is 11.7 Å². The summed E-state index contributed by atoms with van der Waals surface area (Å²) in [6, 6.07) is 7.63. The van der Waals surface area contributed by atoms with E-state index in [1.807, 2.05) is 52.0 Å². The fourth-order valence-corrected chi connectivity index (χ4v) is 1.71. The van der Waals surface area contributed by atoms with E-state index in [1.54, 1.807) is 0 Å². The number of ether oxygens (including phenoxy) is 2. The lowest BCUT2D eigenvalue weighted by molar-refractivity contribution is 0.0636. The number of carbonyl (C=O) groups is 1. The van der Waals surface area contributed by atoms with Crippen LogP contribution < -0.4 is 5.32 Å². The first kappa shape index (κ1) is 12.9. The first-order valence-electron chi connectivity index (χ1n) is 6.10. The Morgan fingerprint density at radius 2 is 1.83 bits per heavy atom. The normalized spacial score (nSPS) is 22.4. The summed E-state index contributed by atoms with van der Waals surface area (Å²) in [6.45, 7) is 7.54. The molecular weight excluding hydrogens is 230 g/mol. The van der Waals surface area contributed by atoms with Crippen molar-refractivity contribution in [3.8, 4) is 0 Å². The van der Waals surface area contributed by atoms with E-state index >= 15 is 0 Å². The van der Waals surface area contributed by atoms with Crippen molar-refractivity contribution in [1.82, 2.24) is 0 Å². The average molecular weight is 249 g/mol. The molecule has 4 heteroatoms. The summed E-state index contributed by atoms with van der Waals surface area (Å²) in [6.07, 6.45) is 0.0709. The van der Waals surface area contributed by atoms with E-state index in [2.05, 4.69) is 5.32 Å². The third-order valence-electron chi connectivity index (χ3n) is 2.60. The minimum Gasteiger partial charge on any atom is -0.444 e. The maximum absolute atomic E-state index is 11.6. The Labute approximate surface area is 107 Å². The third-order valence-corrected chi connectivity index (χ3v) is 2.60. The fourth-order valence-electron chi connectivity index (χ4n) is 1.71. The Morgan fingerprint density at radius 1 is 1.28 bits per heavy atom. The van der Waals surface area contributed by atoms with Crippen molar-refractivity contribution in [2.24, 2.45) is 0 Å². The molecule has 18 heavy (non-hydrogen) atoms. The SMILES string of the molecule is CC1OC1c1ccc(NC(=O)OC(C)(C)C)cc1. The minimum atomic E-state index is -0.485. The highest BCUT2D eigenvalue weighted by molar-refractivity contribution is 5.84. The topological polar surface area (TPSA) is 50.9 Å². The smallest absolute Gasteiger partial charge is 0.412 e. The van der Waals surface area contributed by atoms with E-state index in [0.717, 1.165) is 11.3 Å². The van der Waals surface area contributed by atoms with Crippen LogP contribution in [-0.4, -0.2) is 17.8 Å². The maximum Gasteiger partial charge on any atom is 0.412 e. The molecule has 1 heterocycles. The van der Waals surface area contributed by atoms with Gasteiger partial charge in [-0.05, 0) is 45.4 Å². The first-order valence-corrected chi connectivity index (χ1v) is 6.10. The van der Waals surface area contributed by atoms with Crippen LogP contribution in [0, 0.1) is 0 Å². The summed E-state index contributed by atoms with van der Waals surface area (Å²) in [5.41, 5.74) is 1.37. The van der Waals surface area contributed by atoms with Crippen LogP contribution in [0.1, 0.15) is 39.4 Å². The second kappa shape index (κ2) is 4.61. The molecule has 1 aliphatic heterocycles. The number of benzene rings is 1. The van der Waals surface area contributed by atoms with Crippen LogP contribution in [0.15, 0.2) is 24.3 Å². The Balaban J connectivity index is 1.92. The van der Waals surface area contributed by atoms with Crippen molar-refractivity contribution >= 4 is 11.8 Å². The molecule has 2 unspecified atom stereocenters. The van der Waals surface area contributed by atoms with Gasteiger partial charge in [-0.25, -0.2) is 4.79 Å². The summed E-state index contributed by atoms with van der Waals surface area (Å²) >= 11 is 0. The molecular formula is C14H19NO3. The molecule has 2 atom stereocenters. The largest absolute Gasteiger partial charge is 0.444 e. The molecule has 1 saturated heterocycles. The highest BCUT2D eigenvalue weighted by Gasteiger charge is 2.35. The van der Waals surface area contributed by atoms with Gasteiger partial charge < -0.3 is 9.47 Å². The predicted molar refractivity (Wildman–Crippen MR) is 69.6 cm³/mol. The number of nitrogens with one attached hydrogen (secondary N) is 1. The van der Waals surface area contributed by atoms with Crippen LogP contribution in [0.5, 0.6) is 0 Å². The first-order chi connectivity index (χ1) is 8.35. The van der Waals surface area contributed by atoms with E-state index in [4.69, 9.17) is 9.47 Å². The monoisotopic (exact) mass is 249 g/mol. The molecule has 98 valence electrons. The number of carbonyl (C=O) groups excluding carboxylic acids is 1. The molecule has 1 amide bonds. The Bertz CT molecular complexity index is 433. The zero-order valence-corrected chi connectivity index (χ0v) is 11.2. The van der Waals surface area contributed by atoms with Crippen LogP contribution in [0.25, 0.3) is 0 Å². The van der Waals surface area contributed by atoms with Gasteiger partial charge in [0.25, 0.3) is 0 Å². The summed E-state index contributed by atoms with van der Waals surface area (Å²) in [5.74, 6) is 0. The molecule has 0 radical (unpaired) electrons. The Morgan fingerprint density at radius 3 is 2.28 bits per heavy atom. The second-order valence-corrected chi connectivity index (χ2v) is 5.51. The molecule has 1 aliphatic rings. The van der Waals surface area contributed by atoms with Crippen molar-refractivity contribution in [1.29, 1.82) is 0 Å².